The van der Waals surface area contributed by atoms with Gasteiger partial charge in [0.25, 0.3) is 0 Å². The summed E-state index contributed by atoms with van der Waals surface area (Å²) in [5.41, 5.74) is 0. The summed E-state index contributed by atoms with van der Waals surface area (Å²) in [5, 5.41) is 3.56. The average Bonchev–Trinajstić information content (AvgIpc) is 3.08. The lowest BCUT2D eigenvalue weighted by molar-refractivity contribution is 0.0224. The third-order valence-corrected chi connectivity index (χ3v) is 3.74. The Morgan fingerprint density at radius 1 is 1.22 bits per heavy atom. The molecule has 1 aliphatic heterocycles. The smallest absolute Gasteiger partial charge is 0.0707 e. The minimum atomic E-state index is 0.419. The Balaban J connectivity index is 1.53. The van der Waals surface area contributed by atoms with Crippen molar-refractivity contribution in [2.24, 2.45) is 0 Å². The van der Waals surface area contributed by atoms with Gasteiger partial charge in [-0.15, -0.1) is 0 Å². The first kappa shape index (κ1) is 14.3. The molecule has 0 spiro atoms. The molecule has 2 aliphatic rings. The summed E-state index contributed by atoms with van der Waals surface area (Å²) in [7, 11) is 2.15. The van der Waals surface area contributed by atoms with Crippen LogP contribution in [0.25, 0.3) is 0 Å². The van der Waals surface area contributed by atoms with Crippen LogP contribution in [-0.4, -0.2) is 63.0 Å². The van der Waals surface area contributed by atoms with Crippen LogP contribution >= 0.6 is 0 Å². The lowest BCUT2D eigenvalue weighted by atomic mass is 10.2. The van der Waals surface area contributed by atoms with Crippen LogP contribution in [0.15, 0.2) is 0 Å². The maximum absolute atomic E-state index is 6.07. The third-order valence-electron chi connectivity index (χ3n) is 3.74. The molecule has 1 heterocycles. The molecule has 2 unspecified atom stereocenters. The van der Waals surface area contributed by atoms with Gasteiger partial charge in [-0.05, 0) is 39.7 Å². The van der Waals surface area contributed by atoms with Gasteiger partial charge in [-0.3, -0.25) is 0 Å². The summed E-state index contributed by atoms with van der Waals surface area (Å²) < 4.78 is 11.4. The SMILES string of the molecule is CCOCCN(C)CC1CCC(CNC2CC2)O1. The number of ether oxygens (including phenoxy) is 2. The number of likely N-dealkylation sites (N-methyl/N-ethyl adjacent to an activating group) is 1. The molecule has 1 saturated heterocycles. The van der Waals surface area contributed by atoms with Crippen LogP contribution in [0.2, 0.25) is 0 Å². The van der Waals surface area contributed by atoms with Gasteiger partial charge >= 0.3 is 0 Å². The van der Waals surface area contributed by atoms with Crippen LogP contribution in [0.5, 0.6) is 0 Å². The van der Waals surface area contributed by atoms with Gasteiger partial charge in [0.2, 0.25) is 0 Å². The van der Waals surface area contributed by atoms with E-state index in [1.807, 2.05) is 6.92 Å². The molecule has 18 heavy (non-hydrogen) atoms. The molecule has 4 nitrogen and oxygen atoms in total. The highest BCUT2D eigenvalue weighted by molar-refractivity contribution is 4.84. The summed E-state index contributed by atoms with van der Waals surface area (Å²) >= 11 is 0. The number of nitrogens with zero attached hydrogens (tertiary/aromatic N) is 1. The molecule has 0 aromatic carbocycles. The van der Waals surface area contributed by atoms with Gasteiger partial charge in [0.05, 0.1) is 18.8 Å². The predicted molar refractivity (Wildman–Crippen MR) is 72.9 cm³/mol. The molecular formula is C14H28N2O2. The summed E-state index contributed by atoms with van der Waals surface area (Å²) in [6.07, 6.45) is 5.99. The Bertz CT molecular complexity index is 234. The topological polar surface area (TPSA) is 33.7 Å². The molecule has 4 heteroatoms. The fourth-order valence-electron chi connectivity index (χ4n) is 2.45. The first-order chi connectivity index (χ1) is 8.78. The van der Waals surface area contributed by atoms with Crippen molar-refractivity contribution < 1.29 is 9.47 Å². The summed E-state index contributed by atoms with van der Waals surface area (Å²) in [6, 6.07) is 0.793. The van der Waals surface area contributed by atoms with Gasteiger partial charge in [-0.25, -0.2) is 0 Å². The molecule has 1 aliphatic carbocycles. The van der Waals surface area contributed by atoms with E-state index < -0.39 is 0 Å². The molecule has 0 aromatic heterocycles. The largest absolute Gasteiger partial charge is 0.380 e. The van der Waals surface area contributed by atoms with Crippen LogP contribution in [0.3, 0.4) is 0 Å². The van der Waals surface area contributed by atoms with Crippen LogP contribution < -0.4 is 5.32 Å². The molecule has 2 fully saturated rings. The molecule has 2 atom stereocenters. The van der Waals surface area contributed by atoms with Crippen molar-refractivity contribution >= 4 is 0 Å². The van der Waals surface area contributed by atoms with E-state index in [4.69, 9.17) is 9.47 Å². The number of hydrogen-bond donors (Lipinski definition) is 1. The van der Waals surface area contributed by atoms with Gasteiger partial charge in [0.15, 0.2) is 0 Å². The molecular weight excluding hydrogens is 228 g/mol. The Hall–Kier alpha value is -0.160. The molecule has 106 valence electrons. The number of rotatable bonds is 9. The van der Waals surface area contributed by atoms with Crippen molar-refractivity contribution in [3.8, 4) is 0 Å². The van der Waals surface area contributed by atoms with Gasteiger partial charge in [0.1, 0.15) is 0 Å². The van der Waals surface area contributed by atoms with Crippen molar-refractivity contribution in [1.29, 1.82) is 0 Å². The average molecular weight is 256 g/mol. The van der Waals surface area contributed by atoms with E-state index in [0.29, 0.717) is 12.2 Å². The molecule has 1 saturated carbocycles. The third kappa shape index (κ3) is 5.22. The first-order valence-corrected chi connectivity index (χ1v) is 7.43. The standard InChI is InChI=1S/C14H28N2O2/c1-3-17-9-8-16(2)11-14-7-6-13(18-14)10-15-12-4-5-12/h12-15H,3-11H2,1-2H3. The lowest BCUT2D eigenvalue weighted by Crippen LogP contribution is -2.33. The molecule has 0 bridgehead atoms. The second-order valence-corrected chi connectivity index (χ2v) is 5.60. The summed E-state index contributed by atoms with van der Waals surface area (Å²) in [5.74, 6) is 0. The van der Waals surface area contributed by atoms with Gasteiger partial charge in [-0.2, -0.15) is 0 Å². The second kappa shape index (κ2) is 7.43. The fraction of sp³-hybridized carbons (Fsp3) is 1.00. The molecule has 0 radical (unpaired) electrons. The monoisotopic (exact) mass is 256 g/mol. The van der Waals surface area contributed by atoms with E-state index in [2.05, 4.69) is 17.3 Å². The maximum atomic E-state index is 6.07. The minimum absolute atomic E-state index is 0.419. The van der Waals surface area contributed by atoms with Crippen molar-refractivity contribution in [3.05, 3.63) is 0 Å². The van der Waals surface area contributed by atoms with Crippen LogP contribution in [0.1, 0.15) is 32.6 Å². The Labute approximate surface area is 111 Å². The van der Waals surface area contributed by atoms with Crippen LogP contribution in [0, 0.1) is 0 Å². The van der Waals surface area contributed by atoms with Crippen LogP contribution in [0.4, 0.5) is 0 Å². The molecule has 2 rings (SSSR count). The van der Waals surface area contributed by atoms with Crippen molar-refractivity contribution in [2.45, 2.75) is 50.9 Å². The van der Waals surface area contributed by atoms with E-state index in [1.54, 1.807) is 0 Å². The zero-order valence-electron chi connectivity index (χ0n) is 11.9. The highest BCUT2D eigenvalue weighted by Crippen LogP contribution is 2.22. The number of nitrogens with one attached hydrogen (secondary N) is 1. The van der Waals surface area contributed by atoms with E-state index in [-0.39, 0.29) is 0 Å². The Kier molecular flexibility index (Phi) is 5.89. The highest BCUT2D eigenvalue weighted by Gasteiger charge is 2.28. The normalized spacial score (nSPS) is 28.2. The Morgan fingerprint density at radius 3 is 2.72 bits per heavy atom. The van der Waals surface area contributed by atoms with Crippen LogP contribution in [-0.2, 0) is 9.47 Å². The zero-order chi connectivity index (χ0) is 12.8. The first-order valence-electron chi connectivity index (χ1n) is 7.43. The van der Waals surface area contributed by atoms with E-state index in [9.17, 15) is 0 Å². The van der Waals surface area contributed by atoms with E-state index >= 15 is 0 Å². The van der Waals surface area contributed by atoms with Gasteiger partial charge < -0.3 is 19.7 Å². The second-order valence-electron chi connectivity index (χ2n) is 5.60. The van der Waals surface area contributed by atoms with Gasteiger partial charge in [0, 0.05) is 32.3 Å². The summed E-state index contributed by atoms with van der Waals surface area (Å²) in [4.78, 5) is 2.32. The maximum Gasteiger partial charge on any atom is 0.0707 e. The zero-order valence-corrected chi connectivity index (χ0v) is 11.9. The van der Waals surface area contributed by atoms with Gasteiger partial charge in [-0.1, -0.05) is 0 Å². The molecule has 0 aromatic rings. The predicted octanol–water partition coefficient (Wildman–Crippen LogP) is 1.25. The highest BCUT2D eigenvalue weighted by atomic mass is 16.5. The van der Waals surface area contributed by atoms with Crippen molar-refractivity contribution in [1.82, 2.24) is 10.2 Å². The van der Waals surface area contributed by atoms with Crippen molar-refractivity contribution in [3.63, 3.8) is 0 Å². The summed E-state index contributed by atoms with van der Waals surface area (Å²) in [6.45, 7) is 6.75. The number of hydrogen-bond acceptors (Lipinski definition) is 4. The van der Waals surface area contributed by atoms with Crippen molar-refractivity contribution in [2.75, 3.05) is 39.9 Å². The molecule has 1 N–H and O–H groups in total. The van der Waals surface area contributed by atoms with E-state index in [0.717, 1.165) is 38.9 Å². The lowest BCUT2D eigenvalue weighted by Gasteiger charge is -2.21. The Morgan fingerprint density at radius 2 is 2.00 bits per heavy atom. The molecule has 0 amide bonds. The minimum Gasteiger partial charge on any atom is -0.380 e. The fourth-order valence-corrected chi connectivity index (χ4v) is 2.45. The quantitative estimate of drug-likeness (QED) is 0.630. The van der Waals surface area contributed by atoms with E-state index in [1.165, 1.54) is 25.7 Å².